The van der Waals surface area contributed by atoms with E-state index in [1.807, 2.05) is 0 Å². The molecule has 17 heavy (non-hydrogen) atoms. The molecule has 0 heterocycles. The third kappa shape index (κ3) is 6.48. The first-order chi connectivity index (χ1) is 7.99. The van der Waals surface area contributed by atoms with Gasteiger partial charge in [-0.05, 0) is 36.8 Å². The van der Waals surface area contributed by atoms with E-state index >= 15 is 0 Å². The van der Waals surface area contributed by atoms with Gasteiger partial charge in [0.2, 0.25) is 0 Å². The van der Waals surface area contributed by atoms with Crippen LogP contribution >= 0.6 is 0 Å². The Morgan fingerprint density at radius 3 is 2.29 bits per heavy atom. The summed E-state index contributed by atoms with van der Waals surface area (Å²) in [7, 11) is 0. The Kier molecular flexibility index (Phi) is 5.70. The van der Waals surface area contributed by atoms with Gasteiger partial charge >= 0.3 is 0 Å². The first-order valence-electron chi connectivity index (χ1n) is 6.77. The number of rotatable bonds is 7. The summed E-state index contributed by atoms with van der Waals surface area (Å²) in [5.41, 5.74) is 1.88. The molecule has 1 aromatic carbocycles. The van der Waals surface area contributed by atoms with Crippen LogP contribution in [0.2, 0.25) is 0 Å². The highest BCUT2D eigenvalue weighted by Gasteiger charge is 2.17. The molecule has 0 saturated carbocycles. The minimum atomic E-state index is 0.428. The molecule has 96 valence electrons. The van der Waals surface area contributed by atoms with Gasteiger partial charge in [-0.2, -0.15) is 0 Å². The van der Waals surface area contributed by atoms with Crippen LogP contribution in [0.4, 0.5) is 0 Å². The lowest BCUT2D eigenvalue weighted by Gasteiger charge is -2.25. The smallest absolute Gasteiger partial charge is 0.00103 e. The summed E-state index contributed by atoms with van der Waals surface area (Å²) in [6.45, 7) is 10.3. The maximum Gasteiger partial charge on any atom is 0.00103 e. The number of nitrogens with one attached hydrogen (secondary N) is 1. The van der Waals surface area contributed by atoms with E-state index in [1.54, 1.807) is 0 Å². The van der Waals surface area contributed by atoms with Gasteiger partial charge in [-0.15, -0.1) is 0 Å². The van der Waals surface area contributed by atoms with Gasteiger partial charge < -0.3 is 5.32 Å². The van der Waals surface area contributed by atoms with Gasteiger partial charge in [-0.1, -0.05) is 58.0 Å². The van der Waals surface area contributed by atoms with Gasteiger partial charge in [0.1, 0.15) is 0 Å². The normalized spacial score (nSPS) is 12.1. The molecule has 0 radical (unpaired) electrons. The molecule has 0 aliphatic carbocycles. The molecule has 0 bridgehead atoms. The van der Waals surface area contributed by atoms with Crippen molar-refractivity contribution in [3.05, 3.63) is 35.9 Å². The molecule has 0 atom stereocenters. The number of hydrogen-bond acceptors (Lipinski definition) is 1. The fourth-order valence-corrected chi connectivity index (χ4v) is 1.95. The van der Waals surface area contributed by atoms with Crippen molar-refractivity contribution in [2.75, 3.05) is 6.54 Å². The lowest BCUT2D eigenvalue weighted by Crippen LogP contribution is -2.28. The molecule has 0 spiro atoms. The quantitative estimate of drug-likeness (QED) is 0.749. The van der Waals surface area contributed by atoms with Crippen LogP contribution in [0.1, 0.15) is 46.1 Å². The molecular formula is C16H27N. The number of benzene rings is 1. The van der Waals surface area contributed by atoms with Crippen LogP contribution in [0.25, 0.3) is 0 Å². The minimum Gasteiger partial charge on any atom is -0.315 e. The lowest BCUT2D eigenvalue weighted by atomic mass is 9.83. The summed E-state index contributed by atoms with van der Waals surface area (Å²) in [5, 5.41) is 3.50. The standard InChI is InChI=1S/C16H27N/c1-14(2)17-13-12-16(3,4)11-10-15-8-6-5-7-9-15/h5-9,14,17H,10-13H2,1-4H3. The SMILES string of the molecule is CC(C)NCCC(C)(C)CCc1ccccc1. The topological polar surface area (TPSA) is 12.0 Å². The van der Waals surface area contributed by atoms with E-state index in [0.29, 0.717) is 11.5 Å². The molecule has 1 heteroatoms. The predicted octanol–water partition coefficient (Wildman–Crippen LogP) is 4.03. The van der Waals surface area contributed by atoms with Crippen molar-refractivity contribution in [2.45, 2.75) is 53.0 Å². The summed E-state index contributed by atoms with van der Waals surface area (Å²) in [5.74, 6) is 0. The second kappa shape index (κ2) is 6.80. The molecule has 0 aliphatic rings. The second-order valence-electron chi connectivity index (χ2n) is 6.01. The van der Waals surface area contributed by atoms with Crippen LogP contribution < -0.4 is 5.32 Å². The van der Waals surface area contributed by atoms with Crippen molar-refractivity contribution >= 4 is 0 Å². The van der Waals surface area contributed by atoms with Crippen molar-refractivity contribution in [3.8, 4) is 0 Å². The molecule has 0 aromatic heterocycles. The molecule has 1 rings (SSSR count). The van der Waals surface area contributed by atoms with Crippen molar-refractivity contribution in [1.29, 1.82) is 0 Å². The molecule has 0 saturated heterocycles. The Morgan fingerprint density at radius 2 is 1.71 bits per heavy atom. The van der Waals surface area contributed by atoms with Gasteiger partial charge in [0, 0.05) is 6.04 Å². The Balaban J connectivity index is 2.29. The predicted molar refractivity (Wildman–Crippen MR) is 76.3 cm³/mol. The highest BCUT2D eigenvalue weighted by molar-refractivity contribution is 5.14. The van der Waals surface area contributed by atoms with Gasteiger partial charge in [0.25, 0.3) is 0 Å². The van der Waals surface area contributed by atoms with Gasteiger partial charge in [0.05, 0.1) is 0 Å². The van der Waals surface area contributed by atoms with Crippen molar-refractivity contribution in [1.82, 2.24) is 5.32 Å². The van der Waals surface area contributed by atoms with Crippen LogP contribution in [0, 0.1) is 5.41 Å². The van der Waals surface area contributed by atoms with Crippen LogP contribution in [-0.4, -0.2) is 12.6 Å². The zero-order valence-corrected chi connectivity index (χ0v) is 11.8. The summed E-state index contributed by atoms with van der Waals surface area (Å²) < 4.78 is 0. The average Bonchev–Trinajstić information content (AvgIpc) is 2.27. The molecule has 0 amide bonds. The minimum absolute atomic E-state index is 0.428. The third-order valence-electron chi connectivity index (χ3n) is 3.29. The Bertz CT molecular complexity index is 301. The highest BCUT2D eigenvalue weighted by Crippen LogP contribution is 2.26. The fraction of sp³-hybridized carbons (Fsp3) is 0.625. The molecule has 1 nitrogen and oxygen atoms in total. The zero-order valence-electron chi connectivity index (χ0n) is 11.8. The highest BCUT2D eigenvalue weighted by atomic mass is 14.9. The van der Waals surface area contributed by atoms with Gasteiger partial charge in [-0.25, -0.2) is 0 Å². The molecule has 1 N–H and O–H groups in total. The molecule has 0 fully saturated rings. The molecule has 0 aliphatic heterocycles. The first kappa shape index (κ1) is 14.2. The summed E-state index contributed by atoms with van der Waals surface area (Å²) in [4.78, 5) is 0. The largest absolute Gasteiger partial charge is 0.315 e. The van der Waals surface area contributed by atoms with E-state index in [9.17, 15) is 0 Å². The van der Waals surface area contributed by atoms with Crippen LogP contribution in [0.15, 0.2) is 30.3 Å². The summed E-state index contributed by atoms with van der Waals surface area (Å²) >= 11 is 0. The van der Waals surface area contributed by atoms with Crippen molar-refractivity contribution < 1.29 is 0 Å². The molecular weight excluding hydrogens is 206 g/mol. The fourth-order valence-electron chi connectivity index (χ4n) is 1.95. The van der Waals surface area contributed by atoms with E-state index in [4.69, 9.17) is 0 Å². The maximum absolute atomic E-state index is 3.50. The monoisotopic (exact) mass is 233 g/mol. The van der Waals surface area contributed by atoms with E-state index in [0.717, 1.165) is 6.54 Å². The van der Waals surface area contributed by atoms with E-state index in [2.05, 4.69) is 63.3 Å². The van der Waals surface area contributed by atoms with E-state index in [1.165, 1.54) is 24.8 Å². The summed E-state index contributed by atoms with van der Waals surface area (Å²) in [6, 6.07) is 11.4. The van der Waals surface area contributed by atoms with E-state index in [-0.39, 0.29) is 0 Å². The lowest BCUT2D eigenvalue weighted by molar-refractivity contribution is 0.298. The molecule has 0 unspecified atom stereocenters. The third-order valence-corrected chi connectivity index (χ3v) is 3.29. The van der Waals surface area contributed by atoms with Crippen LogP contribution in [-0.2, 0) is 6.42 Å². The maximum atomic E-state index is 3.50. The Labute approximate surface area is 107 Å². The number of aryl methyl sites for hydroxylation is 1. The van der Waals surface area contributed by atoms with Gasteiger partial charge in [-0.3, -0.25) is 0 Å². The zero-order chi connectivity index (χ0) is 12.7. The number of hydrogen-bond donors (Lipinski definition) is 1. The Hall–Kier alpha value is -0.820. The molecule has 1 aromatic rings. The summed E-state index contributed by atoms with van der Waals surface area (Å²) in [6.07, 6.45) is 3.70. The van der Waals surface area contributed by atoms with Crippen LogP contribution in [0.3, 0.4) is 0 Å². The van der Waals surface area contributed by atoms with Crippen molar-refractivity contribution in [3.63, 3.8) is 0 Å². The van der Waals surface area contributed by atoms with E-state index < -0.39 is 0 Å². The van der Waals surface area contributed by atoms with Gasteiger partial charge in [0.15, 0.2) is 0 Å². The van der Waals surface area contributed by atoms with Crippen LogP contribution in [0.5, 0.6) is 0 Å². The first-order valence-corrected chi connectivity index (χ1v) is 6.77. The van der Waals surface area contributed by atoms with Crippen molar-refractivity contribution in [2.24, 2.45) is 5.41 Å². The second-order valence-corrected chi connectivity index (χ2v) is 6.01. The average molecular weight is 233 g/mol. The Morgan fingerprint density at radius 1 is 1.06 bits per heavy atom.